The Morgan fingerprint density at radius 3 is 2.33 bits per heavy atom. The lowest BCUT2D eigenvalue weighted by molar-refractivity contribution is 1.05. The van der Waals surface area contributed by atoms with Gasteiger partial charge in [0, 0.05) is 0 Å². The van der Waals surface area contributed by atoms with Crippen LogP contribution in [0.15, 0.2) is 41.7 Å². The standard InChI is InChI=1S/C14H17Si/c1-3-12-8-7-9-14(13(12)4-2)15-10-5-6-11-15/h5-11H,3-4H2,1-2H3. The van der Waals surface area contributed by atoms with Gasteiger partial charge in [-0.25, -0.2) is 0 Å². The van der Waals surface area contributed by atoms with Crippen LogP contribution in [0.3, 0.4) is 0 Å². The van der Waals surface area contributed by atoms with Crippen molar-refractivity contribution in [3.05, 3.63) is 52.9 Å². The fourth-order valence-corrected chi connectivity index (χ4v) is 4.29. The van der Waals surface area contributed by atoms with E-state index in [1.807, 2.05) is 0 Å². The van der Waals surface area contributed by atoms with Crippen molar-refractivity contribution in [1.29, 1.82) is 0 Å². The Labute approximate surface area is 93.9 Å². The van der Waals surface area contributed by atoms with E-state index in [2.05, 4.69) is 55.6 Å². The second-order valence-corrected chi connectivity index (χ2v) is 5.94. The normalized spacial score (nSPS) is 15.1. The van der Waals surface area contributed by atoms with Crippen LogP contribution in [-0.4, -0.2) is 8.80 Å². The lowest BCUT2D eigenvalue weighted by Crippen LogP contribution is -2.29. The number of hydrogen-bond acceptors (Lipinski definition) is 0. The molecule has 0 unspecified atom stereocenters. The van der Waals surface area contributed by atoms with Crippen molar-refractivity contribution in [2.24, 2.45) is 0 Å². The fraction of sp³-hybridized carbons (Fsp3) is 0.286. The summed E-state index contributed by atoms with van der Waals surface area (Å²) >= 11 is 0. The van der Waals surface area contributed by atoms with Crippen LogP contribution in [0.4, 0.5) is 0 Å². The molecule has 0 fully saturated rings. The Kier molecular flexibility index (Phi) is 3.22. The summed E-state index contributed by atoms with van der Waals surface area (Å²) < 4.78 is 0. The van der Waals surface area contributed by atoms with Gasteiger partial charge in [-0.05, 0) is 29.2 Å². The van der Waals surface area contributed by atoms with Crippen molar-refractivity contribution < 1.29 is 0 Å². The van der Waals surface area contributed by atoms with Crippen LogP contribution < -0.4 is 5.19 Å². The molecule has 1 aliphatic heterocycles. The minimum atomic E-state index is -0.525. The first kappa shape index (κ1) is 10.4. The molecule has 0 N–H and O–H groups in total. The van der Waals surface area contributed by atoms with E-state index >= 15 is 0 Å². The largest absolute Gasteiger partial charge is 0.139 e. The van der Waals surface area contributed by atoms with E-state index in [-0.39, 0.29) is 0 Å². The first-order valence-corrected chi connectivity index (χ1v) is 7.35. The molecule has 77 valence electrons. The molecule has 0 saturated carbocycles. The average Bonchev–Trinajstić information content (AvgIpc) is 2.81. The number of benzene rings is 1. The van der Waals surface area contributed by atoms with Gasteiger partial charge in [0.1, 0.15) is 8.80 Å². The summed E-state index contributed by atoms with van der Waals surface area (Å²) in [6, 6.07) is 6.80. The third-order valence-electron chi connectivity index (χ3n) is 2.98. The molecule has 0 bridgehead atoms. The summed E-state index contributed by atoms with van der Waals surface area (Å²) in [5.74, 6) is 0. The second kappa shape index (κ2) is 4.62. The molecule has 0 atom stereocenters. The summed E-state index contributed by atoms with van der Waals surface area (Å²) in [4.78, 5) is 0. The van der Waals surface area contributed by atoms with Crippen LogP contribution in [0.5, 0.6) is 0 Å². The Morgan fingerprint density at radius 1 is 1.00 bits per heavy atom. The predicted molar refractivity (Wildman–Crippen MR) is 68.9 cm³/mol. The van der Waals surface area contributed by atoms with Crippen molar-refractivity contribution in [2.75, 3.05) is 0 Å². The average molecular weight is 213 g/mol. The molecule has 0 spiro atoms. The molecule has 0 aliphatic carbocycles. The van der Waals surface area contributed by atoms with E-state index in [1.165, 1.54) is 5.56 Å². The lowest BCUT2D eigenvalue weighted by Gasteiger charge is -2.14. The van der Waals surface area contributed by atoms with E-state index in [0.29, 0.717) is 0 Å². The van der Waals surface area contributed by atoms with Crippen LogP contribution in [0.1, 0.15) is 25.0 Å². The van der Waals surface area contributed by atoms with E-state index in [0.717, 1.165) is 12.8 Å². The van der Waals surface area contributed by atoms with Gasteiger partial charge in [-0.3, -0.25) is 0 Å². The fourth-order valence-electron chi connectivity index (χ4n) is 2.21. The molecular formula is C14H17Si. The van der Waals surface area contributed by atoms with E-state index in [1.54, 1.807) is 10.8 Å². The van der Waals surface area contributed by atoms with Gasteiger partial charge >= 0.3 is 0 Å². The van der Waals surface area contributed by atoms with Crippen molar-refractivity contribution in [3.63, 3.8) is 0 Å². The summed E-state index contributed by atoms with van der Waals surface area (Å²) in [6.07, 6.45) is 6.69. The lowest BCUT2D eigenvalue weighted by atomic mass is 10.0. The van der Waals surface area contributed by atoms with Gasteiger partial charge in [0.05, 0.1) is 0 Å². The van der Waals surface area contributed by atoms with Crippen molar-refractivity contribution in [1.82, 2.24) is 0 Å². The van der Waals surface area contributed by atoms with Gasteiger partial charge in [0.25, 0.3) is 0 Å². The number of aryl methyl sites for hydroxylation is 1. The van der Waals surface area contributed by atoms with Gasteiger partial charge in [-0.15, -0.1) is 0 Å². The summed E-state index contributed by atoms with van der Waals surface area (Å²) in [6.45, 7) is 4.51. The Balaban J connectivity index is 2.45. The molecule has 1 radical (unpaired) electrons. The summed E-state index contributed by atoms with van der Waals surface area (Å²) in [5.41, 5.74) is 7.86. The first-order chi connectivity index (χ1) is 7.36. The van der Waals surface area contributed by atoms with Crippen LogP contribution in [0.25, 0.3) is 0 Å². The first-order valence-electron chi connectivity index (χ1n) is 5.69. The number of allylic oxidation sites excluding steroid dienone is 2. The third-order valence-corrected chi connectivity index (χ3v) is 5.17. The molecule has 0 amide bonds. The van der Waals surface area contributed by atoms with Crippen LogP contribution in [0, 0.1) is 0 Å². The monoisotopic (exact) mass is 213 g/mol. The zero-order chi connectivity index (χ0) is 10.7. The third kappa shape index (κ3) is 1.98. The zero-order valence-corrected chi connectivity index (χ0v) is 10.5. The highest BCUT2D eigenvalue weighted by molar-refractivity contribution is 6.83. The highest BCUT2D eigenvalue weighted by Gasteiger charge is 2.14. The van der Waals surface area contributed by atoms with Crippen molar-refractivity contribution in [2.45, 2.75) is 26.7 Å². The van der Waals surface area contributed by atoms with Gasteiger partial charge in [-0.2, -0.15) is 0 Å². The Morgan fingerprint density at radius 2 is 1.73 bits per heavy atom. The molecule has 0 nitrogen and oxygen atoms in total. The van der Waals surface area contributed by atoms with Crippen LogP contribution >= 0.6 is 0 Å². The predicted octanol–water partition coefficient (Wildman–Crippen LogP) is 2.72. The van der Waals surface area contributed by atoms with Crippen LogP contribution in [0.2, 0.25) is 0 Å². The van der Waals surface area contributed by atoms with E-state index in [9.17, 15) is 0 Å². The van der Waals surface area contributed by atoms with E-state index in [4.69, 9.17) is 0 Å². The molecule has 0 aromatic heterocycles. The maximum atomic E-state index is 2.37. The van der Waals surface area contributed by atoms with Gasteiger partial charge < -0.3 is 0 Å². The van der Waals surface area contributed by atoms with Crippen molar-refractivity contribution >= 4 is 14.0 Å². The second-order valence-electron chi connectivity index (χ2n) is 3.82. The molecular weight excluding hydrogens is 196 g/mol. The maximum Gasteiger partial charge on any atom is 0.139 e. The van der Waals surface area contributed by atoms with Crippen molar-refractivity contribution in [3.8, 4) is 0 Å². The molecule has 1 aromatic rings. The van der Waals surface area contributed by atoms with Crippen LogP contribution in [-0.2, 0) is 12.8 Å². The minimum Gasteiger partial charge on any atom is -0.0877 e. The van der Waals surface area contributed by atoms with E-state index < -0.39 is 8.80 Å². The molecule has 15 heavy (non-hydrogen) atoms. The zero-order valence-electron chi connectivity index (χ0n) is 9.46. The quantitative estimate of drug-likeness (QED) is 0.677. The molecule has 1 heteroatoms. The molecule has 2 rings (SSSR count). The summed E-state index contributed by atoms with van der Waals surface area (Å²) in [5, 5.41) is 1.59. The highest BCUT2D eigenvalue weighted by Crippen LogP contribution is 2.11. The van der Waals surface area contributed by atoms with Gasteiger partial charge in [0.15, 0.2) is 0 Å². The van der Waals surface area contributed by atoms with Gasteiger partial charge in [-0.1, -0.05) is 55.6 Å². The minimum absolute atomic E-state index is 0.525. The topological polar surface area (TPSA) is 0 Å². The maximum absolute atomic E-state index is 2.37. The Hall–Kier alpha value is -1.08. The molecule has 1 heterocycles. The van der Waals surface area contributed by atoms with Gasteiger partial charge in [0.2, 0.25) is 0 Å². The number of rotatable bonds is 3. The molecule has 1 aromatic carbocycles. The molecule has 1 aliphatic rings. The SMILES string of the molecule is CCc1cccc([Si]2C=CC=C2)c1CC. The Bertz CT molecular complexity index is 390. The number of hydrogen-bond donors (Lipinski definition) is 0. The smallest absolute Gasteiger partial charge is 0.0877 e. The summed E-state index contributed by atoms with van der Waals surface area (Å²) in [7, 11) is -0.525. The molecule has 0 saturated heterocycles. The highest BCUT2D eigenvalue weighted by atomic mass is 28.3.